The summed E-state index contributed by atoms with van der Waals surface area (Å²) in [4.78, 5) is 22.6. The molecule has 114 valence electrons. The van der Waals surface area contributed by atoms with E-state index < -0.39 is 0 Å². The Morgan fingerprint density at radius 1 is 1.36 bits per heavy atom. The number of amides is 1. The van der Waals surface area contributed by atoms with E-state index in [-0.39, 0.29) is 11.9 Å². The molecule has 1 atom stereocenters. The molecule has 5 heteroatoms. The highest BCUT2D eigenvalue weighted by molar-refractivity contribution is 5.74. The van der Waals surface area contributed by atoms with E-state index in [1.54, 1.807) is 20.2 Å². The fraction of sp³-hybridized carbons (Fsp3) is 0.353. The molecule has 0 spiro atoms. The van der Waals surface area contributed by atoms with Crippen LogP contribution in [0.5, 0.6) is 5.75 Å². The van der Waals surface area contributed by atoms with Gasteiger partial charge in [0.05, 0.1) is 18.8 Å². The molecule has 0 saturated carbocycles. The van der Waals surface area contributed by atoms with Gasteiger partial charge in [-0.3, -0.25) is 4.79 Å². The van der Waals surface area contributed by atoms with Gasteiger partial charge in [0.25, 0.3) is 0 Å². The van der Waals surface area contributed by atoms with E-state index in [1.165, 1.54) is 0 Å². The van der Waals surface area contributed by atoms with Crippen LogP contribution >= 0.6 is 0 Å². The number of nitrogens with zero attached hydrogens (tertiary/aromatic N) is 3. The van der Waals surface area contributed by atoms with Crippen molar-refractivity contribution in [2.75, 3.05) is 13.7 Å². The molecule has 2 heterocycles. The SMILES string of the molecule is COc1cccc(-c2nccc([C@@H]3CCCN3C(C)=O)n2)c1. The number of likely N-dealkylation sites (tertiary alicyclic amines) is 1. The van der Waals surface area contributed by atoms with Gasteiger partial charge in [0.2, 0.25) is 5.91 Å². The molecule has 1 saturated heterocycles. The maximum Gasteiger partial charge on any atom is 0.220 e. The first-order valence-electron chi connectivity index (χ1n) is 7.43. The summed E-state index contributed by atoms with van der Waals surface area (Å²) in [6, 6.07) is 9.64. The van der Waals surface area contributed by atoms with E-state index in [1.807, 2.05) is 35.2 Å². The first-order valence-corrected chi connectivity index (χ1v) is 7.43. The standard InChI is InChI=1S/C17H19N3O2/c1-12(21)20-10-4-7-16(20)15-8-9-18-17(19-15)13-5-3-6-14(11-13)22-2/h3,5-6,8-9,11,16H,4,7,10H2,1-2H3/t16-/m0/s1. The summed E-state index contributed by atoms with van der Waals surface area (Å²) in [5, 5.41) is 0. The van der Waals surface area contributed by atoms with Gasteiger partial charge in [0.1, 0.15) is 5.75 Å². The molecule has 22 heavy (non-hydrogen) atoms. The summed E-state index contributed by atoms with van der Waals surface area (Å²) < 4.78 is 5.25. The Morgan fingerprint density at radius 3 is 3.00 bits per heavy atom. The van der Waals surface area contributed by atoms with Crippen LogP contribution in [0.25, 0.3) is 11.4 Å². The average Bonchev–Trinajstić information content (AvgIpc) is 3.05. The monoisotopic (exact) mass is 297 g/mol. The highest BCUT2D eigenvalue weighted by atomic mass is 16.5. The van der Waals surface area contributed by atoms with Crippen molar-refractivity contribution in [1.82, 2.24) is 14.9 Å². The van der Waals surface area contributed by atoms with Crippen LogP contribution in [0.1, 0.15) is 31.5 Å². The van der Waals surface area contributed by atoms with Crippen molar-refractivity contribution in [2.24, 2.45) is 0 Å². The third-order valence-electron chi connectivity index (χ3n) is 4.00. The minimum Gasteiger partial charge on any atom is -0.497 e. The smallest absolute Gasteiger partial charge is 0.220 e. The van der Waals surface area contributed by atoms with Gasteiger partial charge in [-0.25, -0.2) is 9.97 Å². The molecular formula is C17H19N3O2. The molecule has 5 nitrogen and oxygen atoms in total. The zero-order chi connectivity index (χ0) is 15.5. The summed E-state index contributed by atoms with van der Waals surface area (Å²) in [6.45, 7) is 2.42. The maximum atomic E-state index is 11.7. The van der Waals surface area contributed by atoms with Crippen molar-refractivity contribution < 1.29 is 9.53 Å². The lowest BCUT2D eigenvalue weighted by Crippen LogP contribution is -2.28. The van der Waals surface area contributed by atoms with Crippen LogP contribution in [0.15, 0.2) is 36.5 Å². The van der Waals surface area contributed by atoms with Crippen molar-refractivity contribution in [1.29, 1.82) is 0 Å². The summed E-state index contributed by atoms with van der Waals surface area (Å²) >= 11 is 0. The number of methoxy groups -OCH3 is 1. The second-order valence-electron chi connectivity index (χ2n) is 5.41. The summed E-state index contributed by atoms with van der Waals surface area (Å²) in [6.07, 6.45) is 3.73. The predicted octanol–water partition coefficient (Wildman–Crippen LogP) is 2.84. The van der Waals surface area contributed by atoms with Crippen LogP contribution in [0.4, 0.5) is 0 Å². The molecule has 1 fully saturated rings. The Labute approximate surface area is 130 Å². The molecule has 0 N–H and O–H groups in total. The molecule has 0 unspecified atom stereocenters. The van der Waals surface area contributed by atoms with Crippen molar-refractivity contribution in [3.8, 4) is 17.1 Å². The number of benzene rings is 1. The van der Waals surface area contributed by atoms with E-state index in [2.05, 4.69) is 9.97 Å². The number of hydrogen-bond donors (Lipinski definition) is 0. The summed E-state index contributed by atoms with van der Waals surface area (Å²) in [5.74, 6) is 1.54. The lowest BCUT2D eigenvalue weighted by molar-refractivity contribution is -0.129. The van der Waals surface area contributed by atoms with Crippen LogP contribution in [0.3, 0.4) is 0 Å². The second kappa shape index (κ2) is 6.13. The van der Waals surface area contributed by atoms with Crippen LogP contribution in [0.2, 0.25) is 0 Å². The number of ether oxygens (including phenoxy) is 1. The van der Waals surface area contributed by atoms with E-state index in [9.17, 15) is 4.79 Å². The topological polar surface area (TPSA) is 55.3 Å². The van der Waals surface area contributed by atoms with Crippen LogP contribution < -0.4 is 4.74 Å². The average molecular weight is 297 g/mol. The van der Waals surface area contributed by atoms with Crippen molar-refractivity contribution in [3.05, 3.63) is 42.2 Å². The molecule has 1 aromatic carbocycles. The predicted molar refractivity (Wildman–Crippen MR) is 83.4 cm³/mol. The highest BCUT2D eigenvalue weighted by Gasteiger charge is 2.29. The van der Waals surface area contributed by atoms with Gasteiger partial charge in [-0.1, -0.05) is 12.1 Å². The van der Waals surface area contributed by atoms with Gasteiger partial charge in [0, 0.05) is 25.2 Å². The number of rotatable bonds is 3. The van der Waals surface area contributed by atoms with Gasteiger partial charge in [-0.15, -0.1) is 0 Å². The summed E-state index contributed by atoms with van der Waals surface area (Å²) in [5.41, 5.74) is 1.81. The molecule has 1 aromatic heterocycles. The van der Waals surface area contributed by atoms with Gasteiger partial charge < -0.3 is 9.64 Å². The van der Waals surface area contributed by atoms with E-state index in [0.29, 0.717) is 5.82 Å². The fourth-order valence-corrected chi connectivity index (χ4v) is 2.91. The third-order valence-corrected chi connectivity index (χ3v) is 4.00. The minimum absolute atomic E-state index is 0.0601. The molecule has 1 amide bonds. The van der Waals surface area contributed by atoms with E-state index >= 15 is 0 Å². The molecule has 2 aromatic rings. The number of carbonyl (C=O) groups excluding carboxylic acids is 1. The van der Waals surface area contributed by atoms with Gasteiger partial charge >= 0.3 is 0 Å². The highest BCUT2D eigenvalue weighted by Crippen LogP contribution is 2.31. The van der Waals surface area contributed by atoms with Crippen LogP contribution in [-0.4, -0.2) is 34.4 Å². The van der Waals surface area contributed by atoms with Gasteiger partial charge in [-0.2, -0.15) is 0 Å². The third kappa shape index (κ3) is 2.79. The molecule has 1 aliphatic heterocycles. The largest absolute Gasteiger partial charge is 0.497 e. The lowest BCUT2D eigenvalue weighted by Gasteiger charge is -2.22. The van der Waals surface area contributed by atoms with E-state index in [0.717, 1.165) is 36.4 Å². The molecular weight excluding hydrogens is 278 g/mol. The Morgan fingerprint density at radius 2 is 2.23 bits per heavy atom. The van der Waals surface area contributed by atoms with Crippen molar-refractivity contribution >= 4 is 5.91 Å². The zero-order valence-electron chi connectivity index (χ0n) is 12.8. The Hall–Kier alpha value is -2.43. The molecule has 0 aliphatic carbocycles. The number of aromatic nitrogens is 2. The Kier molecular flexibility index (Phi) is 4.04. The van der Waals surface area contributed by atoms with Crippen molar-refractivity contribution in [2.45, 2.75) is 25.8 Å². The first kappa shape index (κ1) is 14.5. The Bertz CT molecular complexity index is 687. The van der Waals surface area contributed by atoms with Crippen molar-refractivity contribution in [3.63, 3.8) is 0 Å². The fourth-order valence-electron chi connectivity index (χ4n) is 2.91. The molecule has 0 radical (unpaired) electrons. The Balaban J connectivity index is 1.94. The normalized spacial score (nSPS) is 17.5. The second-order valence-corrected chi connectivity index (χ2v) is 5.41. The molecule has 1 aliphatic rings. The molecule has 3 rings (SSSR count). The summed E-state index contributed by atoms with van der Waals surface area (Å²) in [7, 11) is 1.64. The van der Waals surface area contributed by atoms with Gasteiger partial charge in [0.15, 0.2) is 5.82 Å². The van der Waals surface area contributed by atoms with Gasteiger partial charge in [-0.05, 0) is 31.0 Å². The number of hydrogen-bond acceptors (Lipinski definition) is 4. The van der Waals surface area contributed by atoms with Crippen LogP contribution in [-0.2, 0) is 4.79 Å². The lowest BCUT2D eigenvalue weighted by atomic mass is 10.1. The molecule has 0 bridgehead atoms. The number of carbonyl (C=O) groups is 1. The maximum absolute atomic E-state index is 11.7. The first-order chi connectivity index (χ1) is 10.7. The van der Waals surface area contributed by atoms with Crippen LogP contribution in [0, 0.1) is 0 Å². The minimum atomic E-state index is 0.0601. The zero-order valence-corrected chi connectivity index (χ0v) is 12.8. The quantitative estimate of drug-likeness (QED) is 0.874. The van der Waals surface area contributed by atoms with E-state index in [4.69, 9.17) is 4.74 Å².